The second-order valence-corrected chi connectivity index (χ2v) is 6.62. The van der Waals surface area contributed by atoms with Crippen LogP contribution in [0.1, 0.15) is 0 Å². The topological polar surface area (TPSA) is 63.8 Å². The largest absolute Gasteiger partial charge is 0.397 e. The summed E-state index contributed by atoms with van der Waals surface area (Å²) in [4.78, 5) is 0. The van der Waals surface area contributed by atoms with Crippen LogP contribution in [0.3, 0.4) is 0 Å². The van der Waals surface area contributed by atoms with Crippen LogP contribution in [0.25, 0.3) is 11.0 Å². The fourth-order valence-electron chi connectivity index (χ4n) is 1.78. The zero-order valence-electron chi connectivity index (χ0n) is 9.82. The smallest absolute Gasteiger partial charge is 0.131 e. The fourth-order valence-corrected chi connectivity index (χ4v) is 3.45. The highest BCUT2D eigenvalue weighted by Crippen LogP contribution is 2.38. The van der Waals surface area contributed by atoms with E-state index in [0.717, 1.165) is 21.0 Å². The molecule has 0 aliphatic rings. The van der Waals surface area contributed by atoms with Crippen LogP contribution in [0, 0.1) is 3.57 Å². The van der Waals surface area contributed by atoms with E-state index in [2.05, 4.69) is 36.7 Å². The minimum absolute atomic E-state index is 0.480. The Labute approximate surface area is 142 Å². The number of nitrogens with one attached hydrogen (secondary N) is 1. The van der Waals surface area contributed by atoms with Crippen LogP contribution in [-0.4, -0.2) is 8.75 Å². The van der Waals surface area contributed by atoms with Gasteiger partial charge in [0, 0.05) is 3.57 Å². The van der Waals surface area contributed by atoms with Crippen molar-refractivity contribution < 1.29 is 0 Å². The summed E-state index contributed by atoms with van der Waals surface area (Å²) in [6.07, 6.45) is 0. The van der Waals surface area contributed by atoms with Crippen molar-refractivity contribution >= 4 is 85.6 Å². The molecule has 0 atom stereocenters. The Balaban J connectivity index is 2.13. The number of nitrogens with zero attached hydrogens (tertiary/aromatic N) is 2. The minimum atomic E-state index is 0.480. The molecular formula is C12H7Cl2IN4S. The molecule has 3 rings (SSSR count). The summed E-state index contributed by atoms with van der Waals surface area (Å²) < 4.78 is 9.47. The van der Waals surface area contributed by atoms with Crippen LogP contribution in [-0.2, 0) is 0 Å². The average Bonchev–Trinajstić information content (AvgIpc) is 2.86. The Morgan fingerprint density at radius 2 is 1.85 bits per heavy atom. The van der Waals surface area contributed by atoms with Crippen LogP contribution < -0.4 is 11.1 Å². The molecule has 0 unspecified atom stereocenters. The minimum Gasteiger partial charge on any atom is -0.397 e. The standard InChI is InChI=1S/C12H7Cl2IN4S/c13-6-4-7(14)11-12(19-20-18-11)10(6)17-9-2-1-5(15)3-8(9)16/h1-4,17H,16H2. The number of aromatic nitrogens is 2. The number of nitrogens with two attached hydrogens (primary N) is 1. The number of benzene rings is 2. The molecule has 8 heteroatoms. The maximum atomic E-state index is 6.25. The summed E-state index contributed by atoms with van der Waals surface area (Å²) in [5, 5.41) is 4.18. The van der Waals surface area contributed by atoms with Crippen LogP contribution in [0.5, 0.6) is 0 Å². The molecule has 0 spiro atoms. The molecule has 0 aliphatic heterocycles. The number of fused-ring (bicyclic) bond motifs is 1. The molecule has 3 aromatic rings. The Bertz CT molecular complexity index is 805. The summed E-state index contributed by atoms with van der Waals surface area (Å²) in [7, 11) is 0. The van der Waals surface area contributed by atoms with Crippen LogP contribution in [0.2, 0.25) is 10.0 Å². The van der Waals surface area contributed by atoms with Gasteiger partial charge in [0.15, 0.2) is 0 Å². The van der Waals surface area contributed by atoms with Gasteiger partial charge in [-0.25, -0.2) is 0 Å². The third-order valence-electron chi connectivity index (χ3n) is 2.72. The molecule has 4 nitrogen and oxygen atoms in total. The number of nitrogen functional groups attached to an aromatic ring is 1. The third kappa shape index (κ3) is 2.52. The van der Waals surface area contributed by atoms with Crippen molar-refractivity contribution in [1.82, 2.24) is 8.75 Å². The first-order chi connectivity index (χ1) is 9.56. The normalized spacial score (nSPS) is 10.9. The molecule has 0 amide bonds. The maximum absolute atomic E-state index is 6.25. The molecule has 3 N–H and O–H groups in total. The summed E-state index contributed by atoms with van der Waals surface area (Å²) in [5.74, 6) is 0. The van der Waals surface area contributed by atoms with E-state index in [1.54, 1.807) is 6.07 Å². The van der Waals surface area contributed by atoms with Crippen molar-refractivity contribution in [2.24, 2.45) is 0 Å². The van der Waals surface area contributed by atoms with Gasteiger partial charge in [0.25, 0.3) is 0 Å². The van der Waals surface area contributed by atoms with Crippen molar-refractivity contribution in [2.45, 2.75) is 0 Å². The van der Waals surface area contributed by atoms with Gasteiger partial charge in [0.1, 0.15) is 11.0 Å². The van der Waals surface area contributed by atoms with Gasteiger partial charge in [-0.15, -0.1) is 0 Å². The quantitative estimate of drug-likeness (QED) is 0.441. The van der Waals surface area contributed by atoms with Gasteiger partial charge >= 0.3 is 0 Å². The van der Waals surface area contributed by atoms with E-state index in [0.29, 0.717) is 32.5 Å². The lowest BCUT2D eigenvalue weighted by Gasteiger charge is -2.12. The highest BCUT2D eigenvalue weighted by Gasteiger charge is 2.15. The van der Waals surface area contributed by atoms with Gasteiger partial charge in [0.05, 0.1) is 38.8 Å². The van der Waals surface area contributed by atoms with Gasteiger partial charge in [-0.05, 0) is 46.9 Å². The van der Waals surface area contributed by atoms with Crippen molar-refractivity contribution in [3.05, 3.63) is 37.9 Å². The molecule has 0 radical (unpaired) electrons. The van der Waals surface area contributed by atoms with Crippen molar-refractivity contribution in [1.29, 1.82) is 0 Å². The molecule has 20 heavy (non-hydrogen) atoms. The van der Waals surface area contributed by atoms with Crippen molar-refractivity contribution in [3.8, 4) is 0 Å². The first-order valence-electron chi connectivity index (χ1n) is 5.48. The van der Waals surface area contributed by atoms with E-state index in [1.807, 2.05) is 18.2 Å². The molecule has 0 bridgehead atoms. The molecule has 0 saturated carbocycles. The molecule has 1 aromatic heterocycles. The molecule has 0 aliphatic carbocycles. The maximum Gasteiger partial charge on any atom is 0.131 e. The van der Waals surface area contributed by atoms with Gasteiger partial charge in [-0.1, -0.05) is 23.2 Å². The summed E-state index contributed by atoms with van der Waals surface area (Å²) in [6.45, 7) is 0. The SMILES string of the molecule is Nc1cc(I)ccc1Nc1c(Cl)cc(Cl)c2nsnc12. The molecule has 2 aromatic carbocycles. The number of rotatable bonds is 2. The first kappa shape index (κ1) is 14.1. The Morgan fingerprint density at radius 1 is 1.10 bits per heavy atom. The van der Waals surface area contributed by atoms with Gasteiger partial charge < -0.3 is 11.1 Å². The molecule has 1 heterocycles. The second kappa shape index (κ2) is 5.51. The second-order valence-electron chi connectivity index (χ2n) is 4.03. The van der Waals surface area contributed by atoms with Gasteiger partial charge in [-0.2, -0.15) is 8.75 Å². The van der Waals surface area contributed by atoms with E-state index < -0.39 is 0 Å². The van der Waals surface area contributed by atoms with E-state index in [1.165, 1.54) is 0 Å². The zero-order chi connectivity index (χ0) is 14.3. The first-order valence-corrected chi connectivity index (χ1v) is 8.05. The van der Waals surface area contributed by atoms with E-state index >= 15 is 0 Å². The fraction of sp³-hybridized carbons (Fsp3) is 0. The van der Waals surface area contributed by atoms with Crippen molar-refractivity contribution in [3.63, 3.8) is 0 Å². The predicted molar refractivity (Wildman–Crippen MR) is 94.3 cm³/mol. The average molecular weight is 437 g/mol. The Hall–Kier alpha value is -0.830. The monoisotopic (exact) mass is 436 g/mol. The van der Waals surface area contributed by atoms with Crippen LogP contribution >= 0.6 is 57.5 Å². The predicted octanol–water partition coefficient (Wildman–Crippen LogP) is 4.93. The van der Waals surface area contributed by atoms with E-state index in [4.69, 9.17) is 28.9 Å². The van der Waals surface area contributed by atoms with Gasteiger partial charge in [-0.3, -0.25) is 0 Å². The van der Waals surface area contributed by atoms with E-state index in [-0.39, 0.29) is 0 Å². The number of hydrogen-bond acceptors (Lipinski definition) is 5. The molecular weight excluding hydrogens is 430 g/mol. The Kier molecular flexibility index (Phi) is 3.89. The lowest BCUT2D eigenvalue weighted by molar-refractivity contribution is 1.53. The number of halogens is 3. The molecule has 0 saturated heterocycles. The highest BCUT2D eigenvalue weighted by atomic mass is 127. The van der Waals surface area contributed by atoms with Crippen molar-refractivity contribution in [2.75, 3.05) is 11.1 Å². The van der Waals surface area contributed by atoms with Crippen LogP contribution in [0.4, 0.5) is 17.1 Å². The van der Waals surface area contributed by atoms with E-state index in [9.17, 15) is 0 Å². The number of hydrogen-bond donors (Lipinski definition) is 2. The summed E-state index contributed by atoms with van der Waals surface area (Å²) >= 11 is 15.6. The Morgan fingerprint density at radius 3 is 2.60 bits per heavy atom. The zero-order valence-corrected chi connectivity index (χ0v) is 14.3. The molecule has 102 valence electrons. The lowest BCUT2D eigenvalue weighted by atomic mass is 10.2. The number of anilines is 3. The highest BCUT2D eigenvalue weighted by molar-refractivity contribution is 14.1. The third-order valence-corrected chi connectivity index (χ3v) is 4.50. The van der Waals surface area contributed by atoms with Crippen LogP contribution in [0.15, 0.2) is 24.3 Å². The van der Waals surface area contributed by atoms with Gasteiger partial charge in [0.2, 0.25) is 0 Å². The summed E-state index contributed by atoms with van der Waals surface area (Å²) in [6, 6.07) is 7.38. The molecule has 0 fully saturated rings. The summed E-state index contributed by atoms with van der Waals surface area (Å²) in [5.41, 5.74) is 9.34. The lowest BCUT2D eigenvalue weighted by Crippen LogP contribution is -1.98.